The molecule has 0 saturated carbocycles. The van der Waals surface area contributed by atoms with Crippen LogP contribution in [0.2, 0.25) is 0 Å². The SMILES string of the molecule is Cc1nc2ccc(C(=O)Nc3ccccc3OC(F)F)cc2nc1C. The number of carbonyl (C=O) groups is 1. The molecule has 2 aromatic carbocycles. The number of hydrogen-bond donors (Lipinski definition) is 1. The summed E-state index contributed by atoms with van der Waals surface area (Å²) in [4.78, 5) is 21.3. The Morgan fingerprint density at radius 3 is 2.44 bits per heavy atom. The highest BCUT2D eigenvalue weighted by molar-refractivity contribution is 6.06. The van der Waals surface area contributed by atoms with Gasteiger partial charge in [0.25, 0.3) is 5.91 Å². The van der Waals surface area contributed by atoms with Gasteiger partial charge in [0, 0.05) is 5.56 Å². The summed E-state index contributed by atoms with van der Waals surface area (Å²) in [5.41, 5.74) is 3.38. The molecule has 0 unspecified atom stereocenters. The van der Waals surface area contributed by atoms with Crippen LogP contribution in [0.3, 0.4) is 0 Å². The smallest absolute Gasteiger partial charge is 0.387 e. The van der Waals surface area contributed by atoms with Crippen LogP contribution in [-0.4, -0.2) is 22.5 Å². The van der Waals surface area contributed by atoms with E-state index in [0.29, 0.717) is 16.6 Å². The summed E-state index contributed by atoms with van der Waals surface area (Å²) >= 11 is 0. The van der Waals surface area contributed by atoms with Gasteiger partial charge < -0.3 is 10.1 Å². The molecule has 3 rings (SSSR count). The second-order valence-corrected chi connectivity index (χ2v) is 5.43. The molecule has 128 valence electrons. The third-order valence-electron chi connectivity index (χ3n) is 3.69. The van der Waals surface area contributed by atoms with Crippen molar-refractivity contribution in [1.82, 2.24) is 9.97 Å². The Kier molecular flexibility index (Phi) is 4.56. The minimum absolute atomic E-state index is 0.0992. The number of benzene rings is 2. The van der Waals surface area contributed by atoms with E-state index in [9.17, 15) is 13.6 Å². The van der Waals surface area contributed by atoms with Crippen LogP contribution in [0.25, 0.3) is 11.0 Å². The van der Waals surface area contributed by atoms with Gasteiger partial charge in [0.2, 0.25) is 0 Å². The Morgan fingerprint density at radius 2 is 1.72 bits per heavy atom. The van der Waals surface area contributed by atoms with Crippen LogP contribution >= 0.6 is 0 Å². The van der Waals surface area contributed by atoms with Crippen LogP contribution in [0.5, 0.6) is 5.75 Å². The maximum absolute atomic E-state index is 12.5. The van der Waals surface area contributed by atoms with Gasteiger partial charge in [-0.15, -0.1) is 0 Å². The summed E-state index contributed by atoms with van der Waals surface area (Å²) < 4.78 is 29.3. The summed E-state index contributed by atoms with van der Waals surface area (Å²) in [5.74, 6) is -0.551. The van der Waals surface area contributed by atoms with E-state index in [1.54, 1.807) is 30.3 Å². The topological polar surface area (TPSA) is 64.1 Å². The number of rotatable bonds is 4. The molecule has 0 fully saturated rings. The lowest BCUT2D eigenvalue weighted by Gasteiger charge is -2.12. The second-order valence-electron chi connectivity index (χ2n) is 5.43. The number of aryl methyl sites for hydroxylation is 2. The van der Waals surface area contributed by atoms with Crippen molar-refractivity contribution in [3.8, 4) is 5.75 Å². The fraction of sp³-hybridized carbons (Fsp3) is 0.167. The summed E-state index contributed by atoms with van der Waals surface area (Å²) in [5, 5.41) is 2.58. The van der Waals surface area contributed by atoms with Gasteiger partial charge in [-0.25, -0.2) is 9.97 Å². The number of halogens is 2. The first kappa shape index (κ1) is 16.8. The van der Waals surface area contributed by atoms with Gasteiger partial charge in [0.05, 0.1) is 28.1 Å². The van der Waals surface area contributed by atoms with Crippen LogP contribution in [-0.2, 0) is 0 Å². The molecule has 1 amide bonds. The number of ether oxygens (including phenoxy) is 1. The minimum atomic E-state index is -2.97. The van der Waals surface area contributed by atoms with Crippen molar-refractivity contribution in [1.29, 1.82) is 0 Å². The van der Waals surface area contributed by atoms with Gasteiger partial charge in [0.15, 0.2) is 0 Å². The number of alkyl halides is 2. The van der Waals surface area contributed by atoms with Gasteiger partial charge in [-0.1, -0.05) is 12.1 Å². The maximum Gasteiger partial charge on any atom is 0.387 e. The molecular weight excluding hydrogens is 328 g/mol. The zero-order chi connectivity index (χ0) is 18.0. The molecule has 5 nitrogen and oxygen atoms in total. The van der Waals surface area contributed by atoms with E-state index in [-0.39, 0.29) is 11.4 Å². The minimum Gasteiger partial charge on any atom is -0.433 e. The van der Waals surface area contributed by atoms with E-state index in [1.807, 2.05) is 13.8 Å². The first-order chi connectivity index (χ1) is 11.9. The van der Waals surface area contributed by atoms with Gasteiger partial charge in [-0.3, -0.25) is 4.79 Å². The molecule has 0 radical (unpaired) electrons. The van der Waals surface area contributed by atoms with Crippen molar-refractivity contribution in [3.05, 3.63) is 59.4 Å². The van der Waals surface area contributed by atoms with Gasteiger partial charge >= 0.3 is 6.61 Å². The molecule has 7 heteroatoms. The third kappa shape index (κ3) is 3.71. The van der Waals surface area contributed by atoms with E-state index in [1.165, 1.54) is 12.1 Å². The summed E-state index contributed by atoms with van der Waals surface area (Å²) in [6.07, 6.45) is 0. The number of nitrogens with zero attached hydrogens (tertiary/aromatic N) is 2. The monoisotopic (exact) mass is 343 g/mol. The lowest BCUT2D eigenvalue weighted by Crippen LogP contribution is -2.14. The highest BCUT2D eigenvalue weighted by Gasteiger charge is 2.13. The van der Waals surface area contributed by atoms with Crippen LogP contribution in [0.4, 0.5) is 14.5 Å². The van der Waals surface area contributed by atoms with E-state index in [4.69, 9.17) is 0 Å². The second kappa shape index (κ2) is 6.80. The molecule has 0 atom stereocenters. The Hall–Kier alpha value is -3.09. The number of anilines is 1. The van der Waals surface area contributed by atoms with E-state index >= 15 is 0 Å². The number of hydrogen-bond acceptors (Lipinski definition) is 4. The highest BCUT2D eigenvalue weighted by Crippen LogP contribution is 2.26. The van der Waals surface area contributed by atoms with Gasteiger partial charge in [-0.05, 0) is 44.2 Å². The summed E-state index contributed by atoms with van der Waals surface area (Å²) in [6, 6.07) is 10.9. The van der Waals surface area contributed by atoms with Crippen molar-refractivity contribution in [2.24, 2.45) is 0 Å². The van der Waals surface area contributed by atoms with Crippen LogP contribution in [0.15, 0.2) is 42.5 Å². The number of para-hydroxylation sites is 2. The Morgan fingerprint density at radius 1 is 1.04 bits per heavy atom. The Labute approximate surface area is 142 Å². The fourth-order valence-electron chi connectivity index (χ4n) is 2.34. The summed E-state index contributed by atoms with van der Waals surface area (Å²) in [7, 11) is 0. The Balaban J connectivity index is 1.89. The lowest BCUT2D eigenvalue weighted by molar-refractivity contribution is -0.0493. The highest BCUT2D eigenvalue weighted by atomic mass is 19.3. The standard InChI is InChI=1S/C18H15F2N3O2/c1-10-11(2)22-15-9-12(7-8-13(15)21-10)17(24)23-14-5-3-4-6-16(14)25-18(19)20/h3-9,18H,1-2H3,(H,23,24). The molecule has 1 aromatic heterocycles. The van der Waals surface area contributed by atoms with Crippen molar-refractivity contribution >= 4 is 22.6 Å². The van der Waals surface area contributed by atoms with E-state index < -0.39 is 12.5 Å². The first-order valence-electron chi connectivity index (χ1n) is 7.54. The quantitative estimate of drug-likeness (QED) is 0.775. The molecule has 0 aliphatic carbocycles. The van der Waals surface area contributed by atoms with E-state index in [2.05, 4.69) is 20.0 Å². The molecule has 0 aliphatic heterocycles. The Bertz CT molecular complexity index is 945. The van der Waals surface area contributed by atoms with Crippen LogP contribution in [0.1, 0.15) is 21.7 Å². The third-order valence-corrected chi connectivity index (χ3v) is 3.69. The number of nitrogens with one attached hydrogen (secondary N) is 1. The molecular formula is C18H15F2N3O2. The molecule has 0 aliphatic rings. The number of amides is 1. The number of fused-ring (bicyclic) bond motifs is 1. The van der Waals surface area contributed by atoms with Crippen LogP contribution in [0, 0.1) is 13.8 Å². The van der Waals surface area contributed by atoms with Gasteiger partial charge in [-0.2, -0.15) is 8.78 Å². The zero-order valence-corrected chi connectivity index (χ0v) is 13.6. The molecule has 1 heterocycles. The fourth-order valence-corrected chi connectivity index (χ4v) is 2.34. The maximum atomic E-state index is 12.5. The zero-order valence-electron chi connectivity index (χ0n) is 13.6. The molecule has 0 spiro atoms. The van der Waals surface area contributed by atoms with Crippen molar-refractivity contribution in [2.45, 2.75) is 20.5 Å². The molecule has 1 N–H and O–H groups in total. The first-order valence-corrected chi connectivity index (χ1v) is 7.54. The van der Waals surface area contributed by atoms with Crippen molar-refractivity contribution in [3.63, 3.8) is 0 Å². The average molecular weight is 343 g/mol. The van der Waals surface area contributed by atoms with Crippen LogP contribution < -0.4 is 10.1 Å². The predicted molar refractivity (Wildman–Crippen MR) is 90.0 cm³/mol. The number of aromatic nitrogens is 2. The average Bonchev–Trinajstić information content (AvgIpc) is 2.57. The molecule has 3 aromatic rings. The van der Waals surface area contributed by atoms with Crippen molar-refractivity contribution in [2.75, 3.05) is 5.32 Å². The molecule has 25 heavy (non-hydrogen) atoms. The van der Waals surface area contributed by atoms with E-state index in [0.717, 1.165) is 11.4 Å². The normalized spacial score (nSPS) is 10.9. The van der Waals surface area contributed by atoms with Crippen molar-refractivity contribution < 1.29 is 18.3 Å². The largest absolute Gasteiger partial charge is 0.433 e. The summed E-state index contributed by atoms with van der Waals surface area (Å²) in [6.45, 7) is 0.731. The molecule has 0 saturated heterocycles. The lowest BCUT2D eigenvalue weighted by atomic mass is 10.1. The predicted octanol–water partition coefficient (Wildman–Crippen LogP) is 4.10. The number of carbonyl (C=O) groups excluding carboxylic acids is 1. The van der Waals surface area contributed by atoms with Gasteiger partial charge in [0.1, 0.15) is 5.75 Å². The molecule has 0 bridgehead atoms.